The van der Waals surface area contributed by atoms with Crippen molar-refractivity contribution in [3.8, 4) is 0 Å². The van der Waals surface area contributed by atoms with E-state index in [0.717, 1.165) is 11.1 Å². The summed E-state index contributed by atoms with van der Waals surface area (Å²) in [7, 11) is 0. The van der Waals surface area contributed by atoms with Gasteiger partial charge < -0.3 is 9.84 Å². The standard InChI is InChI=1S/C24H27NO4/c1-17(20(26)15-14-18-10-6-4-7-11-18)22(27)25-21(24(2,3)29-23(25)28)16-19-12-8-5-9-13-19/h4-15,17,20-21,26H,16H2,1-3H3/b15-14+/t17-,20+,21-/m0/s1. The van der Waals surface area contributed by atoms with Crippen LogP contribution in [0.2, 0.25) is 0 Å². The predicted molar refractivity (Wildman–Crippen MR) is 112 cm³/mol. The number of imide groups is 1. The van der Waals surface area contributed by atoms with Gasteiger partial charge in [0.1, 0.15) is 5.60 Å². The van der Waals surface area contributed by atoms with E-state index in [9.17, 15) is 14.7 Å². The van der Waals surface area contributed by atoms with Crippen LogP contribution in [0.1, 0.15) is 31.9 Å². The number of aliphatic hydroxyl groups excluding tert-OH is 1. The van der Waals surface area contributed by atoms with Crippen LogP contribution in [-0.2, 0) is 16.0 Å². The number of carbonyl (C=O) groups is 2. The molecule has 0 bridgehead atoms. The minimum absolute atomic E-state index is 0.438. The van der Waals surface area contributed by atoms with Crippen LogP contribution in [0.25, 0.3) is 6.08 Å². The Morgan fingerprint density at radius 3 is 2.34 bits per heavy atom. The third-order valence-electron chi connectivity index (χ3n) is 5.36. The van der Waals surface area contributed by atoms with E-state index >= 15 is 0 Å². The second-order valence-electron chi connectivity index (χ2n) is 7.93. The van der Waals surface area contributed by atoms with E-state index in [2.05, 4.69) is 0 Å². The van der Waals surface area contributed by atoms with Crippen LogP contribution >= 0.6 is 0 Å². The van der Waals surface area contributed by atoms with Gasteiger partial charge in [0.25, 0.3) is 0 Å². The highest BCUT2D eigenvalue weighted by Gasteiger charge is 2.51. The van der Waals surface area contributed by atoms with E-state index in [1.807, 2.05) is 74.5 Å². The van der Waals surface area contributed by atoms with Crippen LogP contribution in [0.5, 0.6) is 0 Å². The molecule has 0 saturated carbocycles. The first-order valence-electron chi connectivity index (χ1n) is 9.81. The van der Waals surface area contributed by atoms with Crippen molar-refractivity contribution in [2.75, 3.05) is 0 Å². The monoisotopic (exact) mass is 393 g/mol. The molecule has 0 spiro atoms. The summed E-state index contributed by atoms with van der Waals surface area (Å²) in [4.78, 5) is 26.8. The molecule has 0 aliphatic carbocycles. The first kappa shape index (κ1) is 20.8. The Labute approximate surface area is 171 Å². The molecule has 5 nitrogen and oxygen atoms in total. The molecule has 29 heavy (non-hydrogen) atoms. The summed E-state index contributed by atoms with van der Waals surface area (Å²) in [6.07, 6.45) is 2.16. The molecule has 2 aromatic carbocycles. The minimum Gasteiger partial charge on any atom is -0.441 e. The van der Waals surface area contributed by atoms with Gasteiger partial charge in [0.2, 0.25) is 5.91 Å². The number of cyclic esters (lactones) is 1. The molecule has 5 heteroatoms. The third kappa shape index (κ3) is 4.74. The van der Waals surface area contributed by atoms with E-state index in [-0.39, 0.29) is 0 Å². The van der Waals surface area contributed by atoms with E-state index in [0.29, 0.717) is 6.42 Å². The van der Waals surface area contributed by atoms with Crippen molar-refractivity contribution in [3.63, 3.8) is 0 Å². The van der Waals surface area contributed by atoms with E-state index in [1.165, 1.54) is 4.90 Å². The number of carbonyl (C=O) groups excluding carboxylic acids is 2. The average Bonchev–Trinajstić information content (AvgIpc) is 2.94. The summed E-state index contributed by atoms with van der Waals surface area (Å²) < 4.78 is 5.49. The van der Waals surface area contributed by atoms with Gasteiger partial charge in [-0.15, -0.1) is 0 Å². The van der Waals surface area contributed by atoms with Gasteiger partial charge in [-0.1, -0.05) is 79.7 Å². The van der Waals surface area contributed by atoms with Gasteiger partial charge in [0.15, 0.2) is 0 Å². The summed E-state index contributed by atoms with van der Waals surface area (Å²) in [6.45, 7) is 5.24. The molecule has 1 saturated heterocycles. The molecule has 0 unspecified atom stereocenters. The van der Waals surface area contributed by atoms with Crippen molar-refractivity contribution in [1.82, 2.24) is 4.90 Å². The normalized spacial score (nSPS) is 20.5. The zero-order valence-corrected chi connectivity index (χ0v) is 17.0. The number of ether oxygens (including phenoxy) is 1. The second-order valence-corrected chi connectivity index (χ2v) is 7.93. The van der Waals surface area contributed by atoms with Crippen LogP contribution in [-0.4, -0.2) is 39.8 Å². The van der Waals surface area contributed by atoms with Crippen LogP contribution in [0, 0.1) is 5.92 Å². The van der Waals surface area contributed by atoms with Crippen molar-refractivity contribution in [1.29, 1.82) is 0 Å². The summed E-state index contributed by atoms with van der Waals surface area (Å²) in [5, 5.41) is 10.5. The zero-order chi connectivity index (χ0) is 21.0. The maximum atomic E-state index is 13.1. The number of amides is 2. The molecule has 1 N–H and O–H groups in total. The predicted octanol–water partition coefficient (Wildman–Crippen LogP) is 4.07. The lowest BCUT2D eigenvalue weighted by Crippen LogP contribution is -2.49. The summed E-state index contributed by atoms with van der Waals surface area (Å²) in [5.74, 6) is -1.22. The van der Waals surface area contributed by atoms with Crippen LogP contribution in [0.4, 0.5) is 4.79 Å². The number of rotatable bonds is 6. The smallest absolute Gasteiger partial charge is 0.417 e. The number of nitrogens with zero attached hydrogens (tertiary/aromatic N) is 1. The average molecular weight is 393 g/mol. The first-order valence-corrected chi connectivity index (χ1v) is 9.81. The van der Waals surface area contributed by atoms with Crippen molar-refractivity contribution in [2.24, 2.45) is 5.92 Å². The molecule has 1 heterocycles. The summed E-state index contributed by atoms with van der Waals surface area (Å²) in [5.41, 5.74) is 1.13. The fourth-order valence-electron chi connectivity index (χ4n) is 3.50. The Bertz CT molecular complexity index is 876. The van der Waals surface area contributed by atoms with Crippen molar-refractivity contribution >= 4 is 18.1 Å². The highest BCUT2D eigenvalue weighted by atomic mass is 16.6. The zero-order valence-electron chi connectivity index (χ0n) is 17.0. The number of aliphatic hydroxyl groups is 1. The lowest BCUT2D eigenvalue weighted by Gasteiger charge is -2.30. The maximum absolute atomic E-state index is 13.1. The second kappa shape index (κ2) is 8.62. The van der Waals surface area contributed by atoms with Gasteiger partial charge in [0.05, 0.1) is 18.1 Å². The lowest BCUT2D eigenvalue weighted by molar-refractivity contribution is -0.135. The Hall–Kier alpha value is -2.92. The van der Waals surface area contributed by atoms with E-state index < -0.39 is 35.7 Å². The molecule has 0 aromatic heterocycles. The van der Waals surface area contributed by atoms with Gasteiger partial charge in [-0.25, -0.2) is 9.69 Å². The Morgan fingerprint density at radius 1 is 1.14 bits per heavy atom. The van der Waals surface area contributed by atoms with Crippen LogP contribution in [0.3, 0.4) is 0 Å². The third-order valence-corrected chi connectivity index (χ3v) is 5.36. The molecule has 3 atom stereocenters. The Morgan fingerprint density at radius 2 is 1.72 bits per heavy atom. The molecule has 152 valence electrons. The Kier molecular flexibility index (Phi) is 6.18. The number of hydrogen-bond acceptors (Lipinski definition) is 4. The molecule has 2 amide bonds. The largest absolute Gasteiger partial charge is 0.441 e. The molecule has 0 radical (unpaired) electrons. The quantitative estimate of drug-likeness (QED) is 0.804. The molecule has 2 aromatic rings. The highest BCUT2D eigenvalue weighted by molar-refractivity contribution is 5.95. The van der Waals surface area contributed by atoms with E-state index in [1.54, 1.807) is 19.1 Å². The highest BCUT2D eigenvalue weighted by Crippen LogP contribution is 2.33. The first-order chi connectivity index (χ1) is 13.8. The molecule has 1 fully saturated rings. The minimum atomic E-state index is -1.02. The topological polar surface area (TPSA) is 66.8 Å². The fraction of sp³-hybridized carbons (Fsp3) is 0.333. The fourth-order valence-corrected chi connectivity index (χ4v) is 3.50. The maximum Gasteiger partial charge on any atom is 0.417 e. The van der Waals surface area contributed by atoms with Crippen LogP contribution < -0.4 is 0 Å². The molecule has 1 aliphatic heterocycles. The lowest BCUT2D eigenvalue weighted by atomic mass is 9.91. The summed E-state index contributed by atoms with van der Waals surface area (Å²) >= 11 is 0. The molecular weight excluding hydrogens is 366 g/mol. The molecule has 3 rings (SSSR count). The van der Waals surface area contributed by atoms with Gasteiger partial charge in [0, 0.05) is 0 Å². The van der Waals surface area contributed by atoms with Crippen molar-refractivity contribution in [3.05, 3.63) is 77.9 Å². The van der Waals surface area contributed by atoms with Crippen LogP contribution in [0.15, 0.2) is 66.7 Å². The summed E-state index contributed by atoms with van der Waals surface area (Å²) in [6, 6.07) is 18.8. The number of benzene rings is 2. The number of hydrogen-bond donors (Lipinski definition) is 1. The van der Waals surface area contributed by atoms with E-state index in [4.69, 9.17) is 4.74 Å². The van der Waals surface area contributed by atoms with Gasteiger partial charge >= 0.3 is 6.09 Å². The van der Waals surface area contributed by atoms with Gasteiger partial charge in [-0.05, 0) is 31.4 Å². The van der Waals surface area contributed by atoms with Gasteiger partial charge in [-0.3, -0.25) is 4.79 Å². The SMILES string of the molecule is C[C@H](C(=O)N1C(=O)OC(C)(C)[C@@H]1Cc1ccccc1)[C@H](O)/C=C/c1ccccc1. The van der Waals surface area contributed by atoms with Gasteiger partial charge in [-0.2, -0.15) is 0 Å². The Balaban J connectivity index is 1.77. The van der Waals surface area contributed by atoms with Crippen molar-refractivity contribution < 1.29 is 19.4 Å². The molecular formula is C24H27NO4. The molecule has 1 aliphatic rings. The van der Waals surface area contributed by atoms with Crippen molar-refractivity contribution in [2.45, 2.75) is 44.9 Å².